The molecule has 2 atom stereocenters. The predicted octanol–water partition coefficient (Wildman–Crippen LogP) is 1.21. The van der Waals surface area contributed by atoms with Crippen LogP contribution in [0.5, 0.6) is 11.5 Å². The number of ether oxygens (including phenoxy) is 3. The topological polar surface area (TPSA) is 77.1 Å². The number of nitrogens with zero attached hydrogens (tertiary/aromatic N) is 1. The molecule has 0 bridgehead atoms. The van der Waals surface area contributed by atoms with Gasteiger partial charge in [0.2, 0.25) is 11.8 Å². The van der Waals surface area contributed by atoms with Gasteiger partial charge in [0.1, 0.15) is 11.5 Å². The molecule has 7 heteroatoms. The summed E-state index contributed by atoms with van der Waals surface area (Å²) in [6, 6.07) is 5.29. The maximum absolute atomic E-state index is 12.4. The molecular weight excluding hydrogens is 324 g/mol. The van der Waals surface area contributed by atoms with Crippen molar-refractivity contribution in [2.24, 2.45) is 11.8 Å². The molecule has 0 radical (unpaired) electrons. The van der Waals surface area contributed by atoms with Crippen molar-refractivity contribution in [2.75, 3.05) is 45.4 Å². The Balaban J connectivity index is 1.66. The highest BCUT2D eigenvalue weighted by Gasteiger charge is 2.36. The third kappa shape index (κ3) is 3.87. The number of anilines is 1. The lowest BCUT2D eigenvalue weighted by Crippen LogP contribution is -2.36. The molecule has 1 N–H and O–H groups in total. The van der Waals surface area contributed by atoms with Crippen molar-refractivity contribution in [3.05, 3.63) is 18.2 Å². The summed E-state index contributed by atoms with van der Waals surface area (Å²) in [5.41, 5.74) is 0.631. The third-order valence-corrected chi connectivity index (χ3v) is 4.76. The molecule has 0 saturated carbocycles. The van der Waals surface area contributed by atoms with Gasteiger partial charge in [0, 0.05) is 38.1 Å². The molecule has 2 heterocycles. The molecule has 1 aromatic carbocycles. The summed E-state index contributed by atoms with van der Waals surface area (Å²) in [6.07, 6.45) is 1.17. The van der Waals surface area contributed by atoms with Crippen molar-refractivity contribution >= 4 is 17.5 Å². The Hall–Kier alpha value is -2.28. The summed E-state index contributed by atoms with van der Waals surface area (Å²) in [5.74, 6) is 1.07. The molecule has 2 fully saturated rings. The number of amides is 2. The first-order valence-corrected chi connectivity index (χ1v) is 8.50. The van der Waals surface area contributed by atoms with Crippen molar-refractivity contribution in [1.29, 1.82) is 0 Å². The Morgan fingerprint density at radius 1 is 1.36 bits per heavy atom. The Morgan fingerprint density at radius 2 is 2.20 bits per heavy atom. The van der Waals surface area contributed by atoms with Crippen LogP contribution in [-0.4, -0.2) is 52.3 Å². The van der Waals surface area contributed by atoms with Crippen LogP contribution >= 0.6 is 0 Å². The van der Waals surface area contributed by atoms with Crippen molar-refractivity contribution in [1.82, 2.24) is 5.32 Å². The van der Waals surface area contributed by atoms with Gasteiger partial charge in [-0.15, -0.1) is 0 Å². The molecule has 2 saturated heterocycles. The first-order chi connectivity index (χ1) is 12.1. The zero-order valence-corrected chi connectivity index (χ0v) is 14.6. The number of nitrogens with one attached hydrogen (secondary N) is 1. The Morgan fingerprint density at radius 3 is 2.88 bits per heavy atom. The fraction of sp³-hybridized carbons (Fsp3) is 0.556. The van der Waals surface area contributed by atoms with Crippen LogP contribution in [0, 0.1) is 11.8 Å². The summed E-state index contributed by atoms with van der Waals surface area (Å²) in [5, 5.41) is 2.96. The molecule has 136 valence electrons. The van der Waals surface area contributed by atoms with Crippen LogP contribution in [0.4, 0.5) is 5.69 Å². The number of carbonyl (C=O) groups is 2. The third-order valence-electron chi connectivity index (χ3n) is 4.76. The number of carbonyl (C=O) groups excluding carboxylic acids is 2. The zero-order chi connectivity index (χ0) is 17.8. The highest BCUT2D eigenvalue weighted by atomic mass is 16.5. The van der Waals surface area contributed by atoms with Gasteiger partial charge in [0.05, 0.1) is 32.4 Å². The van der Waals surface area contributed by atoms with Gasteiger partial charge in [-0.3, -0.25) is 9.59 Å². The SMILES string of the molecule is COc1ccc(OC)c(N2CC(C(=O)NCC3CCOC3)CC2=O)c1. The molecule has 0 aromatic heterocycles. The van der Waals surface area contributed by atoms with Gasteiger partial charge in [-0.1, -0.05) is 0 Å². The van der Waals surface area contributed by atoms with Crippen LogP contribution in [0.25, 0.3) is 0 Å². The molecule has 0 spiro atoms. The van der Waals surface area contributed by atoms with Crippen LogP contribution in [-0.2, 0) is 14.3 Å². The van der Waals surface area contributed by atoms with Crippen LogP contribution in [0.3, 0.4) is 0 Å². The molecule has 25 heavy (non-hydrogen) atoms. The van der Waals surface area contributed by atoms with Crippen LogP contribution in [0.15, 0.2) is 18.2 Å². The van der Waals surface area contributed by atoms with Crippen LogP contribution in [0.1, 0.15) is 12.8 Å². The van der Waals surface area contributed by atoms with Gasteiger partial charge in [0.15, 0.2) is 0 Å². The molecule has 2 aliphatic heterocycles. The van der Waals surface area contributed by atoms with E-state index in [9.17, 15) is 9.59 Å². The summed E-state index contributed by atoms with van der Waals surface area (Å²) >= 11 is 0. The predicted molar refractivity (Wildman–Crippen MR) is 91.9 cm³/mol. The molecule has 2 aliphatic rings. The lowest BCUT2D eigenvalue weighted by atomic mass is 10.1. The van der Waals surface area contributed by atoms with Gasteiger partial charge in [-0.2, -0.15) is 0 Å². The molecule has 2 unspecified atom stereocenters. The van der Waals surface area contributed by atoms with E-state index in [2.05, 4.69) is 5.32 Å². The lowest BCUT2D eigenvalue weighted by Gasteiger charge is -2.20. The van der Waals surface area contributed by atoms with Crippen molar-refractivity contribution in [2.45, 2.75) is 12.8 Å². The van der Waals surface area contributed by atoms with Gasteiger partial charge >= 0.3 is 0 Å². The quantitative estimate of drug-likeness (QED) is 0.836. The molecule has 0 aliphatic carbocycles. The van der Waals surface area contributed by atoms with Gasteiger partial charge in [-0.05, 0) is 18.6 Å². The van der Waals surface area contributed by atoms with E-state index in [0.29, 0.717) is 42.8 Å². The molecule has 2 amide bonds. The number of benzene rings is 1. The Labute approximate surface area is 147 Å². The van der Waals surface area contributed by atoms with Crippen molar-refractivity contribution < 1.29 is 23.8 Å². The van der Waals surface area contributed by atoms with E-state index in [4.69, 9.17) is 14.2 Å². The standard InChI is InChI=1S/C18H24N2O5/c1-23-14-3-4-16(24-2)15(8-14)20-10-13(7-17(20)21)18(22)19-9-12-5-6-25-11-12/h3-4,8,12-13H,5-7,9-11H2,1-2H3,(H,19,22). The average molecular weight is 348 g/mol. The summed E-state index contributed by atoms with van der Waals surface area (Å²) in [6.45, 7) is 2.39. The second kappa shape index (κ2) is 7.74. The van der Waals surface area contributed by atoms with E-state index in [1.165, 1.54) is 0 Å². The van der Waals surface area contributed by atoms with Gasteiger partial charge < -0.3 is 24.4 Å². The fourth-order valence-electron chi connectivity index (χ4n) is 3.26. The highest BCUT2D eigenvalue weighted by Crippen LogP contribution is 2.36. The first-order valence-electron chi connectivity index (χ1n) is 8.50. The van der Waals surface area contributed by atoms with Gasteiger partial charge in [-0.25, -0.2) is 0 Å². The maximum Gasteiger partial charge on any atom is 0.227 e. The highest BCUT2D eigenvalue weighted by molar-refractivity contribution is 6.01. The number of rotatable bonds is 6. The van der Waals surface area contributed by atoms with Crippen LogP contribution < -0.4 is 19.7 Å². The Bertz CT molecular complexity index is 642. The Kier molecular flexibility index (Phi) is 5.43. The second-order valence-electron chi connectivity index (χ2n) is 6.42. The van der Waals surface area contributed by atoms with Crippen LogP contribution in [0.2, 0.25) is 0 Å². The largest absolute Gasteiger partial charge is 0.497 e. The minimum Gasteiger partial charge on any atom is -0.497 e. The number of methoxy groups -OCH3 is 2. The smallest absolute Gasteiger partial charge is 0.227 e. The molecule has 7 nitrogen and oxygen atoms in total. The van der Waals surface area contributed by atoms with E-state index in [1.807, 2.05) is 0 Å². The minimum atomic E-state index is -0.356. The fourth-order valence-corrected chi connectivity index (χ4v) is 3.26. The number of hydrogen-bond donors (Lipinski definition) is 1. The lowest BCUT2D eigenvalue weighted by molar-refractivity contribution is -0.126. The van der Waals surface area contributed by atoms with E-state index < -0.39 is 0 Å². The molecule has 3 rings (SSSR count). The van der Waals surface area contributed by atoms with E-state index in [1.54, 1.807) is 37.3 Å². The summed E-state index contributed by atoms with van der Waals surface area (Å²) in [4.78, 5) is 26.5. The number of hydrogen-bond acceptors (Lipinski definition) is 5. The minimum absolute atomic E-state index is 0.0791. The van der Waals surface area contributed by atoms with E-state index in [-0.39, 0.29) is 24.2 Å². The maximum atomic E-state index is 12.4. The second-order valence-corrected chi connectivity index (χ2v) is 6.42. The summed E-state index contributed by atoms with van der Waals surface area (Å²) in [7, 11) is 3.13. The normalized spacial score (nSPS) is 23.0. The molecular formula is C18H24N2O5. The molecule has 1 aromatic rings. The van der Waals surface area contributed by atoms with Gasteiger partial charge in [0.25, 0.3) is 0 Å². The average Bonchev–Trinajstić information content (AvgIpc) is 3.28. The van der Waals surface area contributed by atoms with E-state index >= 15 is 0 Å². The van der Waals surface area contributed by atoms with Crippen molar-refractivity contribution in [3.63, 3.8) is 0 Å². The van der Waals surface area contributed by atoms with Crippen molar-refractivity contribution in [3.8, 4) is 11.5 Å². The monoisotopic (exact) mass is 348 g/mol. The van der Waals surface area contributed by atoms with E-state index in [0.717, 1.165) is 13.0 Å². The first kappa shape index (κ1) is 17.5. The summed E-state index contributed by atoms with van der Waals surface area (Å²) < 4.78 is 15.9. The zero-order valence-electron chi connectivity index (χ0n) is 14.6.